The molecule has 0 spiro atoms. The first-order valence-electron chi connectivity index (χ1n) is 7.86. The lowest BCUT2D eigenvalue weighted by atomic mass is 9.99. The molecule has 0 radical (unpaired) electrons. The Hall–Kier alpha value is -1.76. The Labute approximate surface area is 139 Å². The van der Waals surface area contributed by atoms with Gasteiger partial charge in [0, 0.05) is 0 Å². The van der Waals surface area contributed by atoms with Gasteiger partial charge in [-0.1, -0.05) is 18.2 Å². The zero-order valence-corrected chi connectivity index (χ0v) is 13.7. The number of hydrogen-bond acceptors (Lipinski definition) is 3. The number of carboxylic acids is 1. The van der Waals surface area contributed by atoms with Crippen LogP contribution in [0.4, 0.5) is 8.78 Å². The molecule has 2 aliphatic carbocycles. The van der Waals surface area contributed by atoms with Crippen molar-refractivity contribution in [3.8, 4) is 0 Å². The second kappa shape index (κ2) is 6.27. The van der Waals surface area contributed by atoms with E-state index in [1.54, 1.807) is 0 Å². The molecular formula is C17H18F2O4S. The lowest BCUT2D eigenvalue weighted by Crippen LogP contribution is -2.08. The Morgan fingerprint density at radius 1 is 1.08 bits per heavy atom. The molecule has 3 rings (SSSR count). The van der Waals surface area contributed by atoms with Crippen molar-refractivity contribution in [3.05, 3.63) is 35.9 Å². The van der Waals surface area contributed by atoms with Crippen molar-refractivity contribution < 1.29 is 27.1 Å². The van der Waals surface area contributed by atoms with E-state index < -0.39 is 34.1 Å². The second-order valence-electron chi connectivity index (χ2n) is 6.42. The molecule has 1 unspecified atom stereocenters. The Bertz CT molecular complexity index is 756. The van der Waals surface area contributed by atoms with Crippen LogP contribution >= 0.6 is 0 Å². The van der Waals surface area contributed by atoms with Crippen molar-refractivity contribution in [2.24, 2.45) is 5.92 Å². The molecule has 0 heterocycles. The van der Waals surface area contributed by atoms with Gasteiger partial charge in [-0.15, -0.1) is 0 Å². The highest BCUT2D eigenvalue weighted by Crippen LogP contribution is 2.35. The minimum atomic E-state index is -3.33. The van der Waals surface area contributed by atoms with E-state index in [0.29, 0.717) is 18.4 Å². The molecule has 2 saturated carbocycles. The maximum absolute atomic E-state index is 13.3. The summed E-state index contributed by atoms with van der Waals surface area (Å²) in [5, 5.41) is 9.04. The molecule has 7 heteroatoms. The smallest absolute Gasteiger partial charge is 0.335 e. The number of allylic oxidation sites excluding steroid dienone is 1. The highest BCUT2D eigenvalue weighted by atomic mass is 32.2. The predicted molar refractivity (Wildman–Crippen MR) is 84.8 cm³/mol. The maximum Gasteiger partial charge on any atom is 0.335 e. The molecule has 0 saturated heterocycles. The highest BCUT2D eigenvalue weighted by Gasteiger charge is 2.37. The Morgan fingerprint density at radius 2 is 1.62 bits per heavy atom. The standard InChI is InChI=1S/C17H18F2O4S/c18-15-8-10(9-16(15)19)7-14(17(20)21)11-1-3-12(4-2-11)24(22,23)13-5-6-13/h1-4,7,10,13,15-16H,5-6,8-9H2,(H,20,21)/b14-7+/t10?,15-,16+. The fourth-order valence-corrected chi connectivity index (χ4v) is 4.68. The van der Waals surface area contributed by atoms with E-state index in [1.165, 1.54) is 30.3 Å². The van der Waals surface area contributed by atoms with Crippen molar-refractivity contribution in [1.82, 2.24) is 0 Å². The van der Waals surface area contributed by atoms with Gasteiger partial charge in [0.05, 0.1) is 15.7 Å². The van der Waals surface area contributed by atoms with Gasteiger partial charge in [0.2, 0.25) is 0 Å². The van der Waals surface area contributed by atoms with Crippen molar-refractivity contribution in [3.63, 3.8) is 0 Å². The summed E-state index contributed by atoms with van der Waals surface area (Å²) < 4.78 is 50.8. The van der Waals surface area contributed by atoms with E-state index >= 15 is 0 Å². The maximum atomic E-state index is 13.3. The molecule has 1 aromatic carbocycles. The molecule has 2 aliphatic rings. The van der Waals surface area contributed by atoms with Crippen LogP contribution in [0.2, 0.25) is 0 Å². The van der Waals surface area contributed by atoms with Gasteiger partial charge < -0.3 is 5.11 Å². The van der Waals surface area contributed by atoms with Crippen LogP contribution in [0.3, 0.4) is 0 Å². The van der Waals surface area contributed by atoms with E-state index in [4.69, 9.17) is 0 Å². The molecule has 130 valence electrons. The van der Waals surface area contributed by atoms with Crippen LogP contribution < -0.4 is 0 Å². The summed E-state index contributed by atoms with van der Waals surface area (Å²) in [5.74, 6) is -1.68. The Balaban J connectivity index is 1.86. The number of hydrogen-bond donors (Lipinski definition) is 1. The zero-order valence-electron chi connectivity index (χ0n) is 12.9. The molecule has 24 heavy (non-hydrogen) atoms. The number of carboxylic acid groups (broad SMARTS) is 1. The number of aliphatic carboxylic acids is 1. The van der Waals surface area contributed by atoms with E-state index in [2.05, 4.69) is 0 Å². The minimum absolute atomic E-state index is 0.0356. The van der Waals surface area contributed by atoms with Gasteiger partial charge in [-0.25, -0.2) is 22.0 Å². The first-order valence-corrected chi connectivity index (χ1v) is 9.41. The van der Waals surface area contributed by atoms with Crippen LogP contribution in [0.25, 0.3) is 5.57 Å². The van der Waals surface area contributed by atoms with Crippen molar-refractivity contribution in [2.75, 3.05) is 0 Å². The van der Waals surface area contributed by atoms with Crippen LogP contribution in [0.15, 0.2) is 35.2 Å². The number of sulfone groups is 1. The largest absolute Gasteiger partial charge is 0.478 e. The number of carbonyl (C=O) groups is 1. The molecule has 0 bridgehead atoms. The summed E-state index contributed by atoms with van der Waals surface area (Å²) in [4.78, 5) is 11.6. The Morgan fingerprint density at radius 3 is 2.08 bits per heavy atom. The normalized spacial score (nSPS) is 28.1. The molecule has 3 atom stereocenters. The summed E-state index contributed by atoms with van der Waals surface area (Å²) in [6, 6.07) is 5.66. The van der Waals surface area contributed by atoms with Crippen LogP contribution in [0, 0.1) is 5.92 Å². The third-order valence-electron chi connectivity index (χ3n) is 4.54. The van der Waals surface area contributed by atoms with Gasteiger partial charge in [0.1, 0.15) is 12.3 Å². The highest BCUT2D eigenvalue weighted by molar-refractivity contribution is 7.92. The van der Waals surface area contributed by atoms with Crippen LogP contribution in [-0.2, 0) is 14.6 Å². The van der Waals surface area contributed by atoms with Crippen LogP contribution in [-0.4, -0.2) is 37.1 Å². The fraction of sp³-hybridized carbons (Fsp3) is 0.471. The van der Waals surface area contributed by atoms with Crippen LogP contribution in [0.1, 0.15) is 31.2 Å². The second-order valence-corrected chi connectivity index (χ2v) is 8.65. The molecule has 2 fully saturated rings. The van der Waals surface area contributed by atoms with E-state index in [0.717, 1.165) is 0 Å². The topological polar surface area (TPSA) is 71.4 Å². The van der Waals surface area contributed by atoms with Gasteiger partial charge in [-0.2, -0.15) is 0 Å². The average Bonchev–Trinajstić information content (AvgIpc) is 3.33. The first kappa shape index (κ1) is 17.1. The minimum Gasteiger partial charge on any atom is -0.478 e. The van der Waals surface area contributed by atoms with Crippen LogP contribution in [0.5, 0.6) is 0 Å². The van der Waals surface area contributed by atoms with E-state index in [-0.39, 0.29) is 28.6 Å². The summed E-state index contributed by atoms with van der Waals surface area (Å²) in [6.07, 6.45) is -0.515. The molecule has 0 aromatic heterocycles. The Kier molecular flexibility index (Phi) is 4.46. The predicted octanol–water partition coefficient (Wildman–Crippen LogP) is 3.18. The lowest BCUT2D eigenvalue weighted by Gasteiger charge is -2.08. The zero-order chi connectivity index (χ0) is 17.5. The SMILES string of the molecule is O=C(O)/C(=C/C1C[C@@H](F)[C@@H](F)C1)c1ccc(S(=O)(=O)C2CC2)cc1. The summed E-state index contributed by atoms with van der Waals surface area (Å²) in [7, 11) is -3.33. The molecule has 0 aliphatic heterocycles. The molecule has 1 aromatic rings. The summed E-state index contributed by atoms with van der Waals surface area (Å²) >= 11 is 0. The molecule has 4 nitrogen and oxygen atoms in total. The first-order chi connectivity index (χ1) is 11.3. The third kappa shape index (κ3) is 3.36. The monoisotopic (exact) mass is 356 g/mol. The van der Waals surface area contributed by atoms with Crippen molar-refractivity contribution in [1.29, 1.82) is 0 Å². The van der Waals surface area contributed by atoms with Gasteiger partial charge >= 0.3 is 5.97 Å². The van der Waals surface area contributed by atoms with Crippen molar-refractivity contribution >= 4 is 21.4 Å². The number of benzene rings is 1. The fourth-order valence-electron chi connectivity index (χ4n) is 3.03. The number of halogens is 2. The lowest BCUT2D eigenvalue weighted by molar-refractivity contribution is -0.130. The average molecular weight is 356 g/mol. The van der Waals surface area contributed by atoms with Gasteiger partial charge in [0.15, 0.2) is 9.84 Å². The number of alkyl halides is 2. The summed E-state index contributed by atoms with van der Waals surface area (Å²) in [6.45, 7) is 0. The van der Waals surface area contributed by atoms with E-state index in [9.17, 15) is 27.1 Å². The quantitative estimate of drug-likeness (QED) is 0.823. The summed E-state index contributed by atoms with van der Waals surface area (Å²) in [5.41, 5.74) is 0.270. The van der Waals surface area contributed by atoms with Gasteiger partial charge in [-0.3, -0.25) is 0 Å². The third-order valence-corrected chi connectivity index (χ3v) is 6.82. The number of rotatable bonds is 5. The van der Waals surface area contributed by atoms with Gasteiger partial charge in [0.25, 0.3) is 0 Å². The molecular weight excluding hydrogens is 338 g/mol. The van der Waals surface area contributed by atoms with E-state index in [1.807, 2.05) is 0 Å². The molecule has 0 amide bonds. The van der Waals surface area contributed by atoms with Crippen molar-refractivity contribution in [2.45, 2.75) is 48.2 Å². The molecule has 1 N–H and O–H groups in total. The van der Waals surface area contributed by atoms with Gasteiger partial charge in [-0.05, 0) is 49.3 Å².